The van der Waals surface area contributed by atoms with E-state index in [0.717, 1.165) is 12.1 Å². The van der Waals surface area contributed by atoms with Gasteiger partial charge < -0.3 is 0 Å². The minimum Gasteiger partial charge on any atom is -0.293 e. The molecule has 7 heteroatoms. The third-order valence-electron chi connectivity index (χ3n) is 2.84. The number of benzene rings is 1. The monoisotopic (exact) mass is 357 g/mol. The number of Topliss-reactive ketones (excluding diaryl/α,β-unsaturated/α-hetero) is 1. The predicted octanol–water partition coefficient (Wildman–Crippen LogP) is 3.40. The van der Waals surface area contributed by atoms with Gasteiger partial charge in [-0.15, -0.1) is 0 Å². The van der Waals surface area contributed by atoms with Gasteiger partial charge in [0.05, 0.1) is 12.0 Å². The van der Waals surface area contributed by atoms with Gasteiger partial charge in [0.1, 0.15) is 23.8 Å². The van der Waals surface area contributed by atoms with E-state index in [1.54, 1.807) is 4.68 Å². The molecule has 0 saturated heterocycles. The summed E-state index contributed by atoms with van der Waals surface area (Å²) in [4.78, 5) is 16.1. The summed E-state index contributed by atoms with van der Waals surface area (Å²) in [5.41, 5.74) is -0.544. The number of hydrogen-bond donors (Lipinski definition) is 0. The molecule has 0 aliphatic heterocycles. The summed E-state index contributed by atoms with van der Waals surface area (Å²) in [7, 11) is 0. The predicted molar refractivity (Wildman–Crippen MR) is 77.0 cm³/mol. The SMILES string of the molecule is CC(C)Cn1ncnc1CC(=O)c1c(F)cc(Br)cc1F. The van der Waals surface area contributed by atoms with Crippen LogP contribution in [0.5, 0.6) is 0 Å². The van der Waals surface area contributed by atoms with E-state index in [9.17, 15) is 13.6 Å². The fraction of sp³-hybridized carbons (Fsp3) is 0.357. The Morgan fingerprint density at radius 1 is 1.33 bits per heavy atom. The molecule has 4 nitrogen and oxygen atoms in total. The van der Waals surface area contributed by atoms with Crippen molar-refractivity contribution in [2.75, 3.05) is 0 Å². The van der Waals surface area contributed by atoms with Crippen LogP contribution < -0.4 is 0 Å². The first-order chi connectivity index (χ1) is 9.88. The summed E-state index contributed by atoms with van der Waals surface area (Å²) in [5.74, 6) is -1.71. The van der Waals surface area contributed by atoms with Gasteiger partial charge in [-0.3, -0.25) is 4.79 Å². The lowest BCUT2D eigenvalue weighted by atomic mass is 10.1. The molecule has 0 fully saturated rings. The summed E-state index contributed by atoms with van der Waals surface area (Å²) < 4.78 is 29.4. The van der Waals surface area contributed by atoms with Gasteiger partial charge in [0.25, 0.3) is 0 Å². The standard InChI is InChI=1S/C14H14BrF2N3O/c1-8(2)6-20-13(18-7-19-20)5-12(21)14-10(16)3-9(15)4-11(14)17/h3-4,7-8H,5-6H2,1-2H3. The van der Waals surface area contributed by atoms with Crippen molar-refractivity contribution in [1.82, 2.24) is 14.8 Å². The molecule has 0 unspecified atom stereocenters. The quantitative estimate of drug-likeness (QED) is 0.770. The summed E-state index contributed by atoms with van der Waals surface area (Å²) in [5, 5.41) is 4.02. The number of carbonyl (C=O) groups is 1. The van der Waals surface area contributed by atoms with Crippen molar-refractivity contribution in [3.63, 3.8) is 0 Å². The van der Waals surface area contributed by atoms with E-state index in [0.29, 0.717) is 18.3 Å². The number of aromatic nitrogens is 3. The van der Waals surface area contributed by atoms with Gasteiger partial charge in [-0.25, -0.2) is 18.4 Å². The van der Waals surface area contributed by atoms with Crippen molar-refractivity contribution in [2.45, 2.75) is 26.8 Å². The van der Waals surface area contributed by atoms with E-state index in [-0.39, 0.29) is 10.9 Å². The lowest BCUT2D eigenvalue weighted by molar-refractivity contribution is 0.0981. The van der Waals surface area contributed by atoms with E-state index in [1.807, 2.05) is 13.8 Å². The number of halogens is 3. The third-order valence-corrected chi connectivity index (χ3v) is 3.30. The fourth-order valence-electron chi connectivity index (χ4n) is 1.96. The zero-order valence-corrected chi connectivity index (χ0v) is 13.2. The molecule has 0 radical (unpaired) electrons. The Kier molecular flexibility index (Phi) is 4.82. The molecule has 0 aliphatic rings. The van der Waals surface area contributed by atoms with E-state index in [2.05, 4.69) is 26.0 Å². The molecular formula is C14H14BrF2N3O. The minimum atomic E-state index is -0.887. The van der Waals surface area contributed by atoms with E-state index < -0.39 is 23.0 Å². The Hall–Kier alpha value is -1.63. The third kappa shape index (κ3) is 3.72. The van der Waals surface area contributed by atoms with Crippen molar-refractivity contribution in [3.8, 4) is 0 Å². The first-order valence-electron chi connectivity index (χ1n) is 6.43. The van der Waals surface area contributed by atoms with E-state index in [1.165, 1.54) is 6.33 Å². The zero-order valence-electron chi connectivity index (χ0n) is 11.6. The second-order valence-corrected chi connectivity index (χ2v) is 6.01. The van der Waals surface area contributed by atoms with Crippen LogP contribution in [-0.4, -0.2) is 20.5 Å². The van der Waals surface area contributed by atoms with Crippen molar-refractivity contribution in [2.24, 2.45) is 5.92 Å². The Labute approximate surface area is 129 Å². The molecule has 0 spiro atoms. The lowest BCUT2D eigenvalue weighted by Crippen LogP contribution is -2.16. The molecule has 0 N–H and O–H groups in total. The molecule has 1 heterocycles. The highest BCUT2D eigenvalue weighted by atomic mass is 79.9. The van der Waals surface area contributed by atoms with Crippen LogP contribution >= 0.6 is 15.9 Å². The molecule has 1 aromatic heterocycles. The van der Waals surface area contributed by atoms with Gasteiger partial charge in [-0.05, 0) is 18.1 Å². The second kappa shape index (κ2) is 6.43. The average molecular weight is 358 g/mol. The van der Waals surface area contributed by atoms with Crippen LogP contribution in [0.3, 0.4) is 0 Å². The van der Waals surface area contributed by atoms with Gasteiger partial charge in [0.15, 0.2) is 5.78 Å². The van der Waals surface area contributed by atoms with E-state index in [4.69, 9.17) is 0 Å². The van der Waals surface area contributed by atoms with Crippen molar-refractivity contribution in [3.05, 3.63) is 46.0 Å². The van der Waals surface area contributed by atoms with Crippen molar-refractivity contribution in [1.29, 1.82) is 0 Å². The summed E-state index contributed by atoms with van der Waals surface area (Å²) in [6.45, 7) is 4.59. The van der Waals surface area contributed by atoms with Crippen LogP contribution in [0.25, 0.3) is 0 Å². The Balaban J connectivity index is 2.25. The number of nitrogens with zero attached hydrogens (tertiary/aromatic N) is 3. The highest BCUT2D eigenvalue weighted by molar-refractivity contribution is 9.10. The smallest absolute Gasteiger partial charge is 0.176 e. The molecule has 0 atom stereocenters. The lowest BCUT2D eigenvalue weighted by Gasteiger charge is -2.09. The topological polar surface area (TPSA) is 47.8 Å². The summed E-state index contributed by atoms with van der Waals surface area (Å²) in [6, 6.07) is 2.13. The van der Waals surface area contributed by atoms with Crippen LogP contribution in [-0.2, 0) is 13.0 Å². The first-order valence-corrected chi connectivity index (χ1v) is 7.22. The number of ketones is 1. The van der Waals surface area contributed by atoms with Crippen molar-refractivity contribution >= 4 is 21.7 Å². The first kappa shape index (κ1) is 15.8. The van der Waals surface area contributed by atoms with Gasteiger partial charge in [-0.1, -0.05) is 29.8 Å². The average Bonchev–Trinajstić information content (AvgIpc) is 2.74. The van der Waals surface area contributed by atoms with Gasteiger partial charge >= 0.3 is 0 Å². The maximum Gasteiger partial charge on any atom is 0.176 e. The molecule has 112 valence electrons. The highest BCUT2D eigenvalue weighted by Crippen LogP contribution is 2.21. The van der Waals surface area contributed by atoms with Gasteiger partial charge in [-0.2, -0.15) is 5.10 Å². The van der Waals surface area contributed by atoms with Crippen molar-refractivity contribution < 1.29 is 13.6 Å². The molecule has 1 aromatic carbocycles. The number of rotatable bonds is 5. The molecular weight excluding hydrogens is 344 g/mol. The van der Waals surface area contributed by atoms with Gasteiger partial charge in [0.2, 0.25) is 0 Å². The molecule has 0 saturated carbocycles. The Morgan fingerprint density at radius 2 is 1.95 bits per heavy atom. The normalized spacial score (nSPS) is 11.1. The molecule has 0 bridgehead atoms. The number of hydrogen-bond acceptors (Lipinski definition) is 3. The Bertz CT molecular complexity index is 647. The molecule has 2 aromatic rings. The van der Waals surface area contributed by atoms with Gasteiger partial charge in [0, 0.05) is 11.0 Å². The van der Waals surface area contributed by atoms with Crippen LogP contribution in [0.2, 0.25) is 0 Å². The van der Waals surface area contributed by atoms with Crippen LogP contribution in [0.4, 0.5) is 8.78 Å². The maximum atomic E-state index is 13.8. The van der Waals surface area contributed by atoms with E-state index >= 15 is 0 Å². The largest absolute Gasteiger partial charge is 0.293 e. The van der Waals surface area contributed by atoms with Crippen LogP contribution in [0.1, 0.15) is 30.0 Å². The Morgan fingerprint density at radius 3 is 2.52 bits per heavy atom. The van der Waals surface area contributed by atoms with Crippen LogP contribution in [0.15, 0.2) is 22.9 Å². The molecule has 0 aliphatic carbocycles. The minimum absolute atomic E-state index is 0.192. The highest BCUT2D eigenvalue weighted by Gasteiger charge is 2.20. The second-order valence-electron chi connectivity index (χ2n) is 5.10. The maximum absolute atomic E-state index is 13.8. The summed E-state index contributed by atoms with van der Waals surface area (Å²) >= 11 is 2.98. The molecule has 0 amide bonds. The van der Waals surface area contributed by atoms with Crippen LogP contribution in [0, 0.1) is 17.6 Å². The zero-order chi connectivity index (χ0) is 15.6. The number of carbonyl (C=O) groups excluding carboxylic acids is 1. The fourth-order valence-corrected chi connectivity index (χ4v) is 2.37. The molecule has 21 heavy (non-hydrogen) atoms. The summed E-state index contributed by atoms with van der Waals surface area (Å²) in [6.07, 6.45) is 1.14. The molecule has 2 rings (SSSR count).